The highest BCUT2D eigenvalue weighted by atomic mass is 14.6. The van der Waals surface area contributed by atoms with Crippen molar-refractivity contribution < 1.29 is 0 Å². The fourth-order valence-corrected chi connectivity index (χ4v) is 2.02. The largest absolute Gasteiger partial charge is 0.402 e. The van der Waals surface area contributed by atoms with Gasteiger partial charge in [0.05, 0.1) is 0 Å². The molecule has 0 heterocycles. The third-order valence-corrected chi connectivity index (χ3v) is 2.69. The molecule has 72 valence electrons. The standard InChI is InChI=1S/C12H19N/c1-5-10-9(4)6-7-11(13)12(10)8(2)3/h2,5-7,13H2,1,3-4H3. The van der Waals surface area contributed by atoms with Crippen molar-refractivity contribution in [3.63, 3.8) is 0 Å². The highest BCUT2D eigenvalue weighted by Gasteiger charge is 2.16. The molecular weight excluding hydrogens is 158 g/mol. The van der Waals surface area contributed by atoms with Gasteiger partial charge in [0.1, 0.15) is 0 Å². The quantitative estimate of drug-likeness (QED) is 0.688. The topological polar surface area (TPSA) is 26.0 Å². The monoisotopic (exact) mass is 177 g/mol. The van der Waals surface area contributed by atoms with Crippen LogP contribution >= 0.6 is 0 Å². The third kappa shape index (κ3) is 1.85. The number of hydrogen-bond donors (Lipinski definition) is 1. The lowest BCUT2D eigenvalue weighted by molar-refractivity contribution is 0.835. The number of hydrogen-bond acceptors (Lipinski definition) is 1. The molecule has 0 amide bonds. The van der Waals surface area contributed by atoms with E-state index in [0.717, 1.165) is 30.5 Å². The van der Waals surface area contributed by atoms with Crippen molar-refractivity contribution in [2.24, 2.45) is 5.73 Å². The van der Waals surface area contributed by atoms with Crippen LogP contribution in [-0.2, 0) is 0 Å². The van der Waals surface area contributed by atoms with Crippen LogP contribution in [0.4, 0.5) is 0 Å². The van der Waals surface area contributed by atoms with Gasteiger partial charge in [0.15, 0.2) is 0 Å². The van der Waals surface area contributed by atoms with Crippen molar-refractivity contribution in [3.8, 4) is 0 Å². The normalized spacial score (nSPS) is 18.1. The Morgan fingerprint density at radius 3 is 2.46 bits per heavy atom. The second-order valence-corrected chi connectivity index (χ2v) is 3.79. The summed E-state index contributed by atoms with van der Waals surface area (Å²) < 4.78 is 0. The van der Waals surface area contributed by atoms with Gasteiger partial charge >= 0.3 is 0 Å². The van der Waals surface area contributed by atoms with Gasteiger partial charge in [0.25, 0.3) is 0 Å². The molecule has 1 nitrogen and oxygen atoms in total. The number of rotatable bonds is 2. The summed E-state index contributed by atoms with van der Waals surface area (Å²) in [6.07, 6.45) is 3.18. The fourth-order valence-electron chi connectivity index (χ4n) is 2.02. The predicted octanol–water partition coefficient (Wildman–Crippen LogP) is 3.30. The van der Waals surface area contributed by atoms with Crippen LogP contribution in [0.25, 0.3) is 0 Å². The van der Waals surface area contributed by atoms with Crippen LogP contribution in [0, 0.1) is 0 Å². The van der Waals surface area contributed by atoms with E-state index >= 15 is 0 Å². The Balaban J connectivity index is 3.18. The van der Waals surface area contributed by atoms with Crippen molar-refractivity contribution in [2.45, 2.75) is 40.0 Å². The highest BCUT2D eigenvalue weighted by molar-refractivity contribution is 5.51. The number of allylic oxidation sites excluding steroid dienone is 5. The Morgan fingerprint density at radius 1 is 1.46 bits per heavy atom. The average Bonchev–Trinajstić information content (AvgIpc) is 2.07. The van der Waals surface area contributed by atoms with Crippen LogP contribution < -0.4 is 5.73 Å². The molecule has 0 aromatic heterocycles. The highest BCUT2D eigenvalue weighted by Crippen LogP contribution is 2.33. The minimum absolute atomic E-state index is 0.998. The van der Waals surface area contributed by atoms with E-state index in [0.29, 0.717) is 0 Å². The van der Waals surface area contributed by atoms with Gasteiger partial charge in [-0.2, -0.15) is 0 Å². The molecule has 13 heavy (non-hydrogen) atoms. The average molecular weight is 177 g/mol. The first kappa shape index (κ1) is 10.1. The van der Waals surface area contributed by atoms with E-state index in [2.05, 4.69) is 20.4 Å². The minimum atomic E-state index is 0.998. The Morgan fingerprint density at radius 2 is 2.08 bits per heavy atom. The molecule has 0 radical (unpaired) electrons. The van der Waals surface area contributed by atoms with Crippen LogP contribution in [0.5, 0.6) is 0 Å². The fraction of sp³-hybridized carbons (Fsp3) is 0.500. The summed E-state index contributed by atoms with van der Waals surface area (Å²) in [5.41, 5.74) is 12.2. The third-order valence-electron chi connectivity index (χ3n) is 2.69. The van der Waals surface area contributed by atoms with Crippen LogP contribution in [-0.4, -0.2) is 0 Å². The molecule has 0 aromatic rings. The first-order valence-electron chi connectivity index (χ1n) is 4.91. The van der Waals surface area contributed by atoms with Gasteiger partial charge in [0, 0.05) is 5.70 Å². The van der Waals surface area contributed by atoms with E-state index in [-0.39, 0.29) is 0 Å². The maximum atomic E-state index is 5.99. The van der Waals surface area contributed by atoms with Crippen LogP contribution in [0.2, 0.25) is 0 Å². The van der Waals surface area contributed by atoms with Crippen LogP contribution in [0.15, 0.2) is 34.6 Å². The summed E-state index contributed by atoms with van der Waals surface area (Å²) in [7, 11) is 0. The van der Waals surface area contributed by atoms with E-state index in [4.69, 9.17) is 5.73 Å². The lowest BCUT2D eigenvalue weighted by Gasteiger charge is -2.22. The minimum Gasteiger partial charge on any atom is -0.402 e. The maximum absolute atomic E-state index is 5.99. The van der Waals surface area contributed by atoms with Crippen molar-refractivity contribution >= 4 is 0 Å². The predicted molar refractivity (Wildman–Crippen MR) is 58.3 cm³/mol. The maximum Gasteiger partial charge on any atom is 0.0162 e. The van der Waals surface area contributed by atoms with Gasteiger partial charge in [-0.25, -0.2) is 0 Å². The molecule has 0 saturated carbocycles. The van der Waals surface area contributed by atoms with Gasteiger partial charge in [-0.15, -0.1) is 0 Å². The van der Waals surface area contributed by atoms with Gasteiger partial charge in [-0.3, -0.25) is 0 Å². The summed E-state index contributed by atoms with van der Waals surface area (Å²) >= 11 is 0. The molecular formula is C12H19N. The molecule has 0 atom stereocenters. The zero-order valence-electron chi connectivity index (χ0n) is 8.91. The Labute approximate surface area is 81.0 Å². The van der Waals surface area contributed by atoms with E-state index in [1.807, 2.05) is 6.92 Å². The van der Waals surface area contributed by atoms with Gasteiger partial charge < -0.3 is 5.73 Å². The van der Waals surface area contributed by atoms with Crippen LogP contribution in [0.1, 0.15) is 40.0 Å². The summed E-state index contributed by atoms with van der Waals surface area (Å²) in [6.45, 7) is 10.4. The zero-order chi connectivity index (χ0) is 10.0. The molecule has 1 heteroatoms. The smallest absolute Gasteiger partial charge is 0.0162 e. The van der Waals surface area contributed by atoms with E-state index < -0.39 is 0 Å². The van der Waals surface area contributed by atoms with Crippen LogP contribution in [0.3, 0.4) is 0 Å². The Bertz CT molecular complexity index is 292. The molecule has 1 aliphatic carbocycles. The second kappa shape index (κ2) is 3.82. The van der Waals surface area contributed by atoms with Crippen molar-refractivity contribution in [1.82, 2.24) is 0 Å². The van der Waals surface area contributed by atoms with Gasteiger partial charge in [-0.1, -0.05) is 19.1 Å². The SMILES string of the molecule is C=C(C)C1=C(N)CCC(C)=C1CC. The molecule has 1 aliphatic rings. The van der Waals surface area contributed by atoms with Crippen molar-refractivity contribution in [3.05, 3.63) is 34.6 Å². The van der Waals surface area contributed by atoms with Gasteiger partial charge in [0.2, 0.25) is 0 Å². The van der Waals surface area contributed by atoms with E-state index in [1.165, 1.54) is 16.7 Å². The molecule has 0 fully saturated rings. The molecule has 2 N–H and O–H groups in total. The molecule has 0 unspecified atom stereocenters. The Kier molecular flexibility index (Phi) is 2.97. The molecule has 0 saturated heterocycles. The molecule has 0 bridgehead atoms. The first-order valence-corrected chi connectivity index (χ1v) is 4.91. The lowest BCUT2D eigenvalue weighted by atomic mass is 9.85. The molecule has 0 aromatic carbocycles. The van der Waals surface area contributed by atoms with Crippen molar-refractivity contribution in [2.75, 3.05) is 0 Å². The van der Waals surface area contributed by atoms with Crippen molar-refractivity contribution in [1.29, 1.82) is 0 Å². The summed E-state index contributed by atoms with van der Waals surface area (Å²) in [5.74, 6) is 0. The summed E-state index contributed by atoms with van der Waals surface area (Å²) in [5, 5.41) is 0. The summed E-state index contributed by atoms with van der Waals surface area (Å²) in [4.78, 5) is 0. The second-order valence-electron chi connectivity index (χ2n) is 3.79. The molecule has 0 aliphatic heterocycles. The first-order chi connectivity index (χ1) is 6.07. The van der Waals surface area contributed by atoms with E-state index in [9.17, 15) is 0 Å². The van der Waals surface area contributed by atoms with Gasteiger partial charge in [-0.05, 0) is 49.8 Å². The number of nitrogens with two attached hydrogens (primary N) is 1. The lowest BCUT2D eigenvalue weighted by Crippen LogP contribution is -2.11. The summed E-state index contributed by atoms with van der Waals surface area (Å²) in [6, 6.07) is 0. The molecule has 1 rings (SSSR count). The van der Waals surface area contributed by atoms with E-state index in [1.54, 1.807) is 0 Å². The zero-order valence-corrected chi connectivity index (χ0v) is 8.91. The molecule has 0 spiro atoms. The Hall–Kier alpha value is -0.980.